The van der Waals surface area contributed by atoms with Crippen LogP contribution in [0.2, 0.25) is 0 Å². The van der Waals surface area contributed by atoms with Gasteiger partial charge in [0.1, 0.15) is 11.6 Å². The molecule has 4 heteroatoms. The molecule has 1 aromatic carbocycles. The van der Waals surface area contributed by atoms with Crippen molar-refractivity contribution in [2.75, 3.05) is 12.4 Å². The highest BCUT2D eigenvalue weighted by molar-refractivity contribution is 6.18. The van der Waals surface area contributed by atoms with Crippen molar-refractivity contribution < 1.29 is 8.78 Å². The zero-order chi connectivity index (χ0) is 13.6. The van der Waals surface area contributed by atoms with Crippen molar-refractivity contribution >= 4 is 11.6 Å². The van der Waals surface area contributed by atoms with Gasteiger partial charge in [-0.2, -0.15) is 0 Å². The summed E-state index contributed by atoms with van der Waals surface area (Å²) in [6.07, 6.45) is 1.97. The van der Waals surface area contributed by atoms with E-state index in [2.05, 4.69) is 19.2 Å². The maximum Gasteiger partial charge on any atom is 0.126 e. The van der Waals surface area contributed by atoms with E-state index >= 15 is 0 Å². The van der Waals surface area contributed by atoms with Gasteiger partial charge in [-0.15, -0.1) is 11.6 Å². The molecule has 18 heavy (non-hydrogen) atoms. The number of benzene rings is 1. The van der Waals surface area contributed by atoms with Crippen molar-refractivity contribution in [3.8, 4) is 0 Å². The second-order valence-corrected chi connectivity index (χ2v) is 4.99. The number of hydrogen-bond donors (Lipinski definition) is 1. The standard InChI is InChI=1S/C14H20ClF2N/c1-3-14(4-2,9-15)10-18-8-11-5-12(16)7-13(17)6-11/h5-7,18H,3-4,8-10H2,1-2H3. The summed E-state index contributed by atoms with van der Waals surface area (Å²) in [5, 5.41) is 3.23. The predicted octanol–water partition coefficient (Wildman–Crippen LogP) is 4.10. The first kappa shape index (κ1) is 15.4. The minimum absolute atomic E-state index is 0.0629. The Kier molecular flexibility index (Phi) is 6.03. The lowest BCUT2D eigenvalue weighted by Gasteiger charge is -2.29. The van der Waals surface area contributed by atoms with Crippen LogP contribution in [0.5, 0.6) is 0 Å². The van der Waals surface area contributed by atoms with Crippen molar-refractivity contribution in [3.05, 3.63) is 35.4 Å². The fraction of sp³-hybridized carbons (Fsp3) is 0.571. The van der Waals surface area contributed by atoms with Gasteiger partial charge >= 0.3 is 0 Å². The van der Waals surface area contributed by atoms with Crippen LogP contribution in [-0.4, -0.2) is 12.4 Å². The molecule has 0 aromatic heterocycles. The van der Waals surface area contributed by atoms with E-state index in [0.717, 1.165) is 25.5 Å². The highest BCUT2D eigenvalue weighted by atomic mass is 35.5. The zero-order valence-corrected chi connectivity index (χ0v) is 11.7. The molecule has 1 rings (SSSR count). The number of halogens is 3. The van der Waals surface area contributed by atoms with Crippen LogP contribution in [0.15, 0.2) is 18.2 Å². The number of alkyl halides is 1. The second-order valence-electron chi connectivity index (χ2n) is 4.72. The van der Waals surface area contributed by atoms with Gasteiger partial charge in [0.2, 0.25) is 0 Å². The smallest absolute Gasteiger partial charge is 0.126 e. The molecule has 0 aliphatic heterocycles. The highest BCUT2D eigenvalue weighted by Gasteiger charge is 2.24. The summed E-state index contributed by atoms with van der Waals surface area (Å²) in [6, 6.07) is 3.57. The lowest BCUT2D eigenvalue weighted by Crippen LogP contribution is -2.34. The molecule has 0 radical (unpaired) electrons. The van der Waals surface area contributed by atoms with Crippen LogP contribution in [0.4, 0.5) is 8.78 Å². The van der Waals surface area contributed by atoms with Gasteiger partial charge in [0.15, 0.2) is 0 Å². The predicted molar refractivity (Wildman–Crippen MR) is 71.8 cm³/mol. The second kappa shape index (κ2) is 7.05. The first-order valence-corrected chi connectivity index (χ1v) is 6.80. The van der Waals surface area contributed by atoms with Gasteiger partial charge in [-0.1, -0.05) is 13.8 Å². The van der Waals surface area contributed by atoms with E-state index in [1.807, 2.05) is 0 Å². The van der Waals surface area contributed by atoms with Gasteiger partial charge in [-0.05, 0) is 36.0 Å². The van der Waals surface area contributed by atoms with Crippen molar-refractivity contribution in [1.82, 2.24) is 5.32 Å². The van der Waals surface area contributed by atoms with Crippen LogP contribution in [0.25, 0.3) is 0 Å². The lowest BCUT2D eigenvalue weighted by atomic mass is 9.84. The third kappa shape index (κ3) is 4.21. The molecule has 0 bridgehead atoms. The molecule has 0 fully saturated rings. The third-order valence-corrected chi connectivity index (χ3v) is 4.10. The Morgan fingerprint density at radius 2 is 1.67 bits per heavy atom. The largest absolute Gasteiger partial charge is 0.312 e. The van der Waals surface area contributed by atoms with E-state index in [9.17, 15) is 8.78 Å². The average Bonchev–Trinajstić information content (AvgIpc) is 2.34. The van der Waals surface area contributed by atoms with E-state index in [-0.39, 0.29) is 5.41 Å². The highest BCUT2D eigenvalue weighted by Crippen LogP contribution is 2.27. The van der Waals surface area contributed by atoms with Crippen LogP contribution in [0.3, 0.4) is 0 Å². The Morgan fingerprint density at radius 1 is 1.11 bits per heavy atom. The molecule has 0 spiro atoms. The third-order valence-electron chi connectivity index (χ3n) is 3.53. The van der Waals surface area contributed by atoms with Crippen LogP contribution < -0.4 is 5.32 Å². The first-order valence-electron chi connectivity index (χ1n) is 6.27. The lowest BCUT2D eigenvalue weighted by molar-refractivity contribution is 0.286. The molecular formula is C14H20ClF2N. The van der Waals surface area contributed by atoms with Gasteiger partial charge < -0.3 is 5.32 Å². The average molecular weight is 276 g/mol. The van der Waals surface area contributed by atoms with Crippen molar-refractivity contribution in [2.24, 2.45) is 5.41 Å². The quantitative estimate of drug-likeness (QED) is 0.739. The van der Waals surface area contributed by atoms with Crippen LogP contribution in [0, 0.1) is 17.0 Å². The maximum atomic E-state index is 13.0. The molecule has 0 saturated heterocycles. The molecule has 102 valence electrons. The summed E-state index contributed by atoms with van der Waals surface area (Å²) in [5.74, 6) is -0.493. The Morgan fingerprint density at radius 3 is 2.11 bits per heavy atom. The van der Waals surface area contributed by atoms with Crippen molar-refractivity contribution in [1.29, 1.82) is 0 Å². The minimum Gasteiger partial charge on any atom is -0.312 e. The molecule has 0 heterocycles. The molecule has 1 nitrogen and oxygen atoms in total. The monoisotopic (exact) mass is 275 g/mol. The van der Waals surface area contributed by atoms with Crippen LogP contribution >= 0.6 is 11.6 Å². The molecule has 0 amide bonds. The summed E-state index contributed by atoms with van der Waals surface area (Å²) in [6.45, 7) is 5.42. The molecule has 0 aliphatic rings. The summed E-state index contributed by atoms with van der Waals surface area (Å²) in [7, 11) is 0. The molecule has 0 saturated carbocycles. The number of rotatable bonds is 7. The number of hydrogen-bond acceptors (Lipinski definition) is 1. The fourth-order valence-electron chi connectivity index (χ4n) is 1.92. The first-order chi connectivity index (χ1) is 8.55. The number of nitrogens with one attached hydrogen (secondary N) is 1. The van der Waals surface area contributed by atoms with Gasteiger partial charge in [-0.25, -0.2) is 8.78 Å². The topological polar surface area (TPSA) is 12.0 Å². The van der Waals surface area contributed by atoms with Gasteiger partial charge in [0.25, 0.3) is 0 Å². The van der Waals surface area contributed by atoms with Gasteiger partial charge in [0.05, 0.1) is 0 Å². The summed E-state index contributed by atoms with van der Waals surface area (Å²) in [4.78, 5) is 0. The van der Waals surface area contributed by atoms with Crippen molar-refractivity contribution in [2.45, 2.75) is 33.2 Å². The van der Waals surface area contributed by atoms with Crippen LogP contribution in [0.1, 0.15) is 32.3 Å². The van der Waals surface area contributed by atoms with E-state index < -0.39 is 11.6 Å². The van der Waals surface area contributed by atoms with Gasteiger partial charge in [0, 0.05) is 25.0 Å². The maximum absolute atomic E-state index is 13.0. The molecule has 1 aromatic rings. The minimum atomic E-state index is -0.540. The van der Waals surface area contributed by atoms with E-state index in [0.29, 0.717) is 18.0 Å². The normalized spacial score (nSPS) is 11.8. The molecule has 1 N–H and O–H groups in total. The fourth-order valence-corrected chi connectivity index (χ4v) is 2.39. The Bertz CT molecular complexity index is 350. The van der Waals surface area contributed by atoms with Crippen molar-refractivity contribution in [3.63, 3.8) is 0 Å². The summed E-state index contributed by atoms with van der Waals surface area (Å²) < 4.78 is 26.0. The SMILES string of the molecule is CCC(CC)(CCl)CNCc1cc(F)cc(F)c1. The Balaban J connectivity index is 2.55. The summed E-state index contributed by atoms with van der Waals surface area (Å²) >= 11 is 6.00. The van der Waals surface area contributed by atoms with Crippen LogP contribution in [-0.2, 0) is 6.54 Å². The summed E-state index contributed by atoms with van der Waals surface area (Å²) in [5.41, 5.74) is 0.677. The Hall–Kier alpha value is -0.670. The van der Waals surface area contributed by atoms with Gasteiger partial charge in [-0.3, -0.25) is 0 Å². The zero-order valence-electron chi connectivity index (χ0n) is 10.9. The van der Waals surface area contributed by atoms with E-state index in [1.54, 1.807) is 0 Å². The van der Waals surface area contributed by atoms with E-state index in [1.165, 1.54) is 12.1 Å². The molecule has 0 unspecified atom stereocenters. The molecular weight excluding hydrogens is 256 g/mol. The van der Waals surface area contributed by atoms with E-state index in [4.69, 9.17) is 11.6 Å². The molecule has 0 atom stereocenters. The Labute approximate surface area is 113 Å². The molecule has 0 aliphatic carbocycles.